The van der Waals surface area contributed by atoms with Crippen molar-refractivity contribution in [3.63, 3.8) is 0 Å². The van der Waals surface area contributed by atoms with Crippen LogP contribution in [0.4, 0.5) is 0 Å². The summed E-state index contributed by atoms with van der Waals surface area (Å²) in [4.78, 5) is 21.4. The number of fused-ring (bicyclic) bond motifs is 1. The Labute approximate surface area is 163 Å². The molecule has 0 bridgehead atoms. The third-order valence-corrected chi connectivity index (χ3v) is 4.18. The minimum atomic E-state index is -0.453. The second-order valence-electron chi connectivity index (χ2n) is 5.93. The van der Waals surface area contributed by atoms with E-state index in [-0.39, 0.29) is 11.6 Å². The van der Waals surface area contributed by atoms with Crippen LogP contribution in [0.5, 0.6) is 17.4 Å². The lowest BCUT2D eigenvalue weighted by atomic mass is 10.2. The molecular formula is C19H16N4O6. The number of oxazole rings is 1. The van der Waals surface area contributed by atoms with Crippen molar-refractivity contribution < 1.29 is 23.4 Å². The van der Waals surface area contributed by atoms with Gasteiger partial charge in [0.1, 0.15) is 5.82 Å². The number of aromatic hydroxyl groups is 1. The summed E-state index contributed by atoms with van der Waals surface area (Å²) in [5.74, 6) is 1.18. The fourth-order valence-electron chi connectivity index (χ4n) is 2.78. The Balaban J connectivity index is 1.77. The molecule has 0 fully saturated rings. The van der Waals surface area contributed by atoms with Crippen molar-refractivity contribution in [1.29, 1.82) is 0 Å². The minimum absolute atomic E-state index is 0.0371. The monoisotopic (exact) mass is 396 g/mol. The molecule has 0 saturated heterocycles. The van der Waals surface area contributed by atoms with E-state index in [1.807, 2.05) is 0 Å². The lowest BCUT2D eigenvalue weighted by molar-refractivity contribution is 0.333. The van der Waals surface area contributed by atoms with Crippen LogP contribution in [0, 0.1) is 6.92 Å². The number of rotatable bonds is 5. The van der Waals surface area contributed by atoms with Gasteiger partial charge in [-0.2, -0.15) is 9.78 Å². The van der Waals surface area contributed by atoms with E-state index in [2.05, 4.69) is 15.1 Å². The summed E-state index contributed by atoms with van der Waals surface area (Å²) in [6.45, 7) is 1.63. The maximum atomic E-state index is 12.9. The zero-order chi connectivity index (χ0) is 20.5. The predicted octanol–water partition coefficient (Wildman–Crippen LogP) is 2.56. The van der Waals surface area contributed by atoms with E-state index >= 15 is 0 Å². The Morgan fingerprint density at radius 3 is 2.66 bits per heavy atom. The van der Waals surface area contributed by atoms with Gasteiger partial charge in [0.2, 0.25) is 0 Å². The average Bonchev–Trinajstić information content (AvgIpc) is 3.37. The van der Waals surface area contributed by atoms with Crippen LogP contribution in [0.3, 0.4) is 0 Å². The van der Waals surface area contributed by atoms with Gasteiger partial charge in [-0.15, -0.1) is 0 Å². The molecule has 29 heavy (non-hydrogen) atoms. The predicted molar refractivity (Wildman–Crippen MR) is 103 cm³/mol. The molecule has 3 heterocycles. The summed E-state index contributed by atoms with van der Waals surface area (Å²) in [6, 6.07) is 6.46. The molecule has 1 N–H and O–H groups in total. The third kappa shape index (κ3) is 3.20. The zero-order valence-corrected chi connectivity index (χ0v) is 15.7. The van der Waals surface area contributed by atoms with E-state index < -0.39 is 11.5 Å². The highest BCUT2D eigenvalue weighted by Crippen LogP contribution is 2.30. The second kappa shape index (κ2) is 7.15. The smallest absolute Gasteiger partial charge is 0.312 e. The quantitative estimate of drug-likeness (QED) is 0.510. The first kappa shape index (κ1) is 18.3. The molecule has 0 saturated carbocycles. The van der Waals surface area contributed by atoms with E-state index in [9.17, 15) is 9.90 Å². The third-order valence-electron chi connectivity index (χ3n) is 4.18. The fraction of sp³-hybridized carbons (Fsp3) is 0.158. The van der Waals surface area contributed by atoms with Crippen molar-refractivity contribution in [2.24, 2.45) is 5.10 Å². The first-order valence-electron chi connectivity index (χ1n) is 8.45. The van der Waals surface area contributed by atoms with Gasteiger partial charge in [0.25, 0.3) is 11.4 Å². The number of nitrogens with zero attached hydrogens (tertiary/aromatic N) is 4. The molecule has 0 unspecified atom stereocenters. The maximum absolute atomic E-state index is 12.9. The van der Waals surface area contributed by atoms with Gasteiger partial charge in [-0.3, -0.25) is 4.79 Å². The fourth-order valence-corrected chi connectivity index (χ4v) is 2.78. The Morgan fingerprint density at radius 1 is 1.21 bits per heavy atom. The van der Waals surface area contributed by atoms with Gasteiger partial charge in [-0.1, -0.05) is 0 Å². The lowest BCUT2D eigenvalue weighted by Crippen LogP contribution is -2.20. The van der Waals surface area contributed by atoms with Crippen LogP contribution in [0.1, 0.15) is 11.5 Å². The largest absolute Gasteiger partial charge is 0.493 e. The average molecular weight is 396 g/mol. The number of hydrogen-bond donors (Lipinski definition) is 1. The van der Waals surface area contributed by atoms with Crippen LogP contribution in [0.15, 0.2) is 49.3 Å². The van der Waals surface area contributed by atoms with Gasteiger partial charge in [0.15, 0.2) is 23.0 Å². The first-order valence-corrected chi connectivity index (χ1v) is 8.45. The highest BCUT2D eigenvalue weighted by atomic mass is 16.5. The van der Waals surface area contributed by atoms with Crippen LogP contribution >= 0.6 is 0 Å². The Kier molecular flexibility index (Phi) is 4.51. The van der Waals surface area contributed by atoms with Gasteiger partial charge in [0.05, 0.1) is 37.6 Å². The number of furan rings is 1. The second-order valence-corrected chi connectivity index (χ2v) is 5.93. The van der Waals surface area contributed by atoms with E-state index in [4.69, 9.17) is 18.3 Å². The van der Waals surface area contributed by atoms with Gasteiger partial charge in [-0.25, -0.2) is 9.97 Å². The molecule has 10 nitrogen and oxygen atoms in total. The number of ether oxygens (including phenoxy) is 2. The van der Waals surface area contributed by atoms with Gasteiger partial charge in [-0.05, 0) is 25.1 Å². The molecule has 4 aromatic rings. The topological polar surface area (TPSA) is 125 Å². The van der Waals surface area contributed by atoms with Crippen LogP contribution in [-0.2, 0) is 0 Å². The molecule has 148 valence electrons. The normalized spacial score (nSPS) is 11.4. The Bertz CT molecular complexity index is 1270. The summed E-state index contributed by atoms with van der Waals surface area (Å²) in [6.07, 6.45) is 2.66. The molecule has 0 atom stereocenters. The lowest BCUT2D eigenvalue weighted by Gasteiger charge is -2.10. The number of benzene rings is 1. The number of aromatic nitrogens is 3. The van der Waals surface area contributed by atoms with E-state index in [0.29, 0.717) is 34.0 Å². The van der Waals surface area contributed by atoms with Crippen molar-refractivity contribution in [2.45, 2.75) is 6.92 Å². The van der Waals surface area contributed by atoms with E-state index in [1.54, 1.807) is 25.1 Å². The molecule has 0 aliphatic heterocycles. The minimum Gasteiger partial charge on any atom is -0.493 e. The van der Waals surface area contributed by atoms with Crippen molar-refractivity contribution in [1.82, 2.24) is 14.6 Å². The number of hydrogen-bond acceptors (Lipinski definition) is 9. The molecule has 1 aromatic carbocycles. The van der Waals surface area contributed by atoms with E-state index in [1.165, 1.54) is 32.8 Å². The van der Waals surface area contributed by atoms with Crippen molar-refractivity contribution >= 4 is 17.1 Å². The van der Waals surface area contributed by atoms with Crippen LogP contribution < -0.4 is 15.0 Å². The van der Waals surface area contributed by atoms with E-state index in [0.717, 1.165) is 4.68 Å². The Morgan fingerprint density at radius 2 is 1.97 bits per heavy atom. The van der Waals surface area contributed by atoms with Gasteiger partial charge < -0.3 is 23.4 Å². The molecule has 4 rings (SSSR count). The summed E-state index contributed by atoms with van der Waals surface area (Å²) >= 11 is 0. The molecule has 10 heteroatoms. The highest BCUT2D eigenvalue weighted by Gasteiger charge is 2.16. The Hall–Kier alpha value is -4.08. The number of aryl methyl sites for hydroxylation is 1. The molecule has 0 radical (unpaired) electrons. The van der Waals surface area contributed by atoms with Crippen LogP contribution in [-0.4, -0.2) is 40.2 Å². The van der Waals surface area contributed by atoms with Crippen molar-refractivity contribution in [3.05, 3.63) is 52.4 Å². The van der Waals surface area contributed by atoms with Crippen molar-refractivity contribution in [3.8, 4) is 29.1 Å². The molecule has 0 amide bonds. The molecule has 3 aromatic heterocycles. The summed E-state index contributed by atoms with van der Waals surface area (Å²) < 4.78 is 21.9. The summed E-state index contributed by atoms with van der Waals surface area (Å²) in [5.41, 5.74) is 0.0649. The van der Waals surface area contributed by atoms with Crippen LogP contribution in [0.2, 0.25) is 0 Å². The first-order chi connectivity index (χ1) is 14.0. The molecule has 0 aliphatic rings. The van der Waals surface area contributed by atoms with Crippen molar-refractivity contribution in [2.75, 3.05) is 14.2 Å². The van der Waals surface area contributed by atoms with Crippen LogP contribution in [0.25, 0.3) is 22.6 Å². The zero-order valence-electron chi connectivity index (χ0n) is 15.7. The molecule has 0 spiro atoms. The standard InChI is InChI=1S/C19H16N4O6/c1-10-21-12-8-16(27-3)15(26-2)7-11(12)18(24)23(10)20-9-13-19(25)29-17(22-13)14-5-4-6-28-14/h4-9,25H,1-3H3. The highest BCUT2D eigenvalue weighted by molar-refractivity contribution is 5.83. The van der Waals surface area contributed by atoms with Gasteiger partial charge >= 0.3 is 5.95 Å². The summed E-state index contributed by atoms with van der Waals surface area (Å²) in [5, 5.41) is 14.4. The molecule has 0 aliphatic carbocycles. The maximum Gasteiger partial charge on any atom is 0.312 e. The van der Waals surface area contributed by atoms with Gasteiger partial charge in [0, 0.05) is 6.07 Å². The SMILES string of the molecule is COc1cc2nc(C)n(N=Cc3nc(-c4ccco4)oc3O)c(=O)c2cc1OC. The number of methoxy groups -OCH3 is 2. The summed E-state index contributed by atoms with van der Waals surface area (Å²) in [7, 11) is 2.98. The molecular weight excluding hydrogens is 380 g/mol.